The third-order valence-electron chi connectivity index (χ3n) is 3.22. The first-order chi connectivity index (χ1) is 9.10. The van der Waals surface area contributed by atoms with E-state index in [0.717, 1.165) is 5.56 Å². The topological polar surface area (TPSA) is 64.2 Å². The van der Waals surface area contributed by atoms with Crippen molar-refractivity contribution in [2.24, 2.45) is 5.92 Å². The molecule has 19 heavy (non-hydrogen) atoms. The Morgan fingerprint density at radius 2 is 1.89 bits per heavy atom. The minimum Gasteiger partial charge on any atom is -0.392 e. The van der Waals surface area contributed by atoms with Gasteiger partial charge < -0.3 is 10.2 Å². The van der Waals surface area contributed by atoms with Gasteiger partial charge in [-0.25, -0.2) is 0 Å². The molecular formula is C16H21NO2. The molecule has 1 aromatic carbocycles. The monoisotopic (exact) mass is 259 g/mol. The van der Waals surface area contributed by atoms with E-state index < -0.39 is 6.10 Å². The van der Waals surface area contributed by atoms with Crippen LogP contribution >= 0.6 is 0 Å². The van der Waals surface area contributed by atoms with E-state index in [9.17, 15) is 10.2 Å². The first-order valence-electron chi connectivity index (χ1n) is 6.56. The molecule has 1 atom stereocenters. The lowest BCUT2D eigenvalue weighted by atomic mass is 9.92. The molecule has 0 spiro atoms. The van der Waals surface area contributed by atoms with Crippen molar-refractivity contribution < 1.29 is 10.2 Å². The van der Waals surface area contributed by atoms with Crippen LogP contribution in [0.2, 0.25) is 0 Å². The zero-order valence-electron chi connectivity index (χ0n) is 11.5. The van der Waals surface area contributed by atoms with Crippen molar-refractivity contribution in [3.63, 3.8) is 0 Å². The van der Waals surface area contributed by atoms with Gasteiger partial charge in [0.05, 0.1) is 24.4 Å². The summed E-state index contributed by atoms with van der Waals surface area (Å²) < 4.78 is 0. The summed E-state index contributed by atoms with van der Waals surface area (Å²) in [5.74, 6) is 0.0611. The molecule has 2 N–H and O–H groups in total. The highest BCUT2D eigenvalue weighted by atomic mass is 16.3. The molecule has 0 fully saturated rings. The average molecular weight is 259 g/mol. The van der Waals surface area contributed by atoms with Gasteiger partial charge in [-0.2, -0.15) is 5.26 Å². The van der Waals surface area contributed by atoms with Crippen molar-refractivity contribution >= 4 is 0 Å². The van der Waals surface area contributed by atoms with E-state index in [4.69, 9.17) is 5.26 Å². The Bertz CT molecular complexity index is 457. The van der Waals surface area contributed by atoms with E-state index in [1.54, 1.807) is 0 Å². The van der Waals surface area contributed by atoms with Gasteiger partial charge in [-0.15, -0.1) is 0 Å². The summed E-state index contributed by atoms with van der Waals surface area (Å²) in [5.41, 5.74) is 2.07. The molecule has 1 unspecified atom stereocenters. The van der Waals surface area contributed by atoms with Crippen LogP contribution in [0, 0.1) is 17.2 Å². The molecule has 3 nitrogen and oxygen atoms in total. The number of hydrogen-bond acceptors (Lipinski definition) is 3. The summed E-state index contributed by atoms with van der Waals surface area (Å²) >= 11 is 0. The third-order valence-corrected chi connectivity index (χ3v) is 3.22. The van der Waals surface area contributed by atoms with E-state index in [2.05, 4.69) is 0 Å². The average Bonchev–Trinajstić information content (AvgIpc) is 2.42. The van der Waals surface area contributed by atoms with Gasteiger partial charge in [-0.3, -0.25) is 0 Å². The molecule has 0 saturated carbocycles. The number of benzene rings is 1. The molecule has 0 heterocycles. The van der Waals surface area contributed by atoms with Gasteiger partial charge in [0, 0.05) is 0 Å². The Kier molecular flexibility index (Phi) is 6.27. The number of aliphatic hydroxyl groups is 2. The van der Waals surface area contributed by atoms with Crippen LogP contribution in [0.15, 0.2) is 41.5 Å². The fourth-order valence-corrected chi connectivity index (χ4v) is 2.03. The predicted molar refractivity (Wildman–Crippen MR) is 75.3 cm³/mol. The molecule has 1 aromatic rings. The molecule has 3 heteroatoms. The Hall–Kier alpha value is -1.63. The highest BCUT2D eigenvalue weighted by Crippen LogP contribution is 2.19. The van der Waals surface area contributed by atoms with Gasteiger partial charge in [0.2, 0.25) is 0 Å². The first-order valence-corrected chi connectivity index (χ1v) is 6.56. The predicted octanol–water partition coefficient (Wildman–Crippen LogP) is 2.45. The summed E-state index contributed by atoms with van der Waals surface area (Å²) in [5, 5.41) is 28.6. The second-order valence-electron chi connectivity index (χ2n) is 4.90. The van der Waals surface area contributed by atoms with Crippen LogP contribution in [-0.4, -0.2) is 22.9 Å². The van der Waals surface area contributed by atoms with E-state index in [1.165, 1.54) is 0 Å². The number of rotatable bonds is 6. The van der Waals surface area contributed by atoms with Gasteiger partial charge in [-0.1, -0.05) is 44.2 Å². The van der Waals surface area contributed by atoms with Crippen molar-refractivity contribution in [3.05, 3.63) is 47.0 Å². The van der Waals surface area contributed by atoms with Crippen LogP contribution in [0.5, 0.6) is 0 Å². The maximum Gasteiger partial charge on any atom is 0.0975 e. The molecule has 102 valence electrons. The molecule has 0 radical (unpaired) electrons. The highest BCUT2D eigenvalue weighted by molar-refractivity contribution is 5.33. The van der Waals surface area contributed by atoms with Crippen LogP contribution in [0.4, 0.5) is 0 Å². The summed E-state index contributed by atoms with van der Waals surface area (Å²) in [6.07, 6.45) is 0.391. The van der Waals surface area contributed by atoms with Crippen molar-refractivity contribution in [1.29, 1.82) is 5.26 Å². The van der Waals surface area contributed by atoms with Crippen LogP contribution < -0.4 is 0 Å². The zero-order valence-corrected chi connectivity index (χ0v) is 11.5. The number of nitriles is 1. The fourth-order valence-electron chi connectivity index (χ4n) is 2.03. The number of hydrogen-bond donors (Lipinski definition) is 2. The van der Waals surface area contributed by atoms with Gasteiger partial charge in [0.15, 0.2) is 0 Å². The summed E-state index contributed by atoms with van der Waals surface area (Å²) in [6, 6.07) is 11.9. The fraction of sp³-hybridized carbons (Fsp3) is 0.438. The van der Waals surface area contributed by atoms with Gasteiger partial charge in [-0.05, 0) is 29.9 Å². The second kappa shape index (κ2) is 7.73. The van der Waals surface area contributed by atoms with Gasteiger partial charge >= 0.3 is 0 Å². The highest BCUT2D eigenvalue weighted by Gasteiger charge is 2.17. The quantitative estimate of drug-likeness (QED) is 0.771. The number of nitrogens with zero attached hydrogens (tertiary/aromatic N) is 1. The zero-order chi connectivity index (χ0) is 14.3. The lowest BCUT2D eigenvalue weighted by Crippen LogP contribution is -2.16. The SMILES string of the molecule is CC(C)/C(CO)=C(\C#N)C(O)CCc1ccccc1. The van der Waals surface area contributed by atoms with Crippen LogP contribution in [-0.2, 0) is 6.42 Å². The first kappa shape index (κ1) is 15.4. The summed E-state index contributed by atoms with van der Waals surface area (Å²) in [7, 11) is 0. The van der Waals surface area contributed by atoms with Gasteiger partial charge in [0.1, 0.15) is 0 Å². The summed E-state index contributed by atoms with van der Waals surface area (Å²) in [6.45, 7) is 3.64. The lowest BCUT2D eigenvalue weighted by molar-refractivity contribution is 0.200. The Labute approximate surface area is 114 Å². The molecule has 0 aromatic heterocycles. The van der Waals surface area contributed by atoms with Crippen LogP contribution in [0.1, 0.15) is 25.8 Å². The standard InChI is InChI=1S/C16H21NO2/c1-12(2)15(11-18)14(10-17)16(19)9-8-13-6-4-3-5-7-13/h3-7,12,16,18-19H,8-9,11H2,1-2H3/b15-14+. The maximum atomic E-state index is 10.1. The smallest absolute Gasteiger partial charge is 0.0975 e. The molecule has 1 rings (SSSR count). The molecule has 0 amide bonds. The van der Waals surface area contributed by atoms with Crippen LogP contribution in [0.25, 0.3) is 0 Å². The lowest BCUT2D eigenvalue weighted by Gasteiger charge is -2.16. The van der Waals surface area contributed by atoms with E-state index >= 15 is 0 Å². The molecule has 0 aliphatic heterocycles. The largest absolute Gasteiger partial charge is 0.392 e. The number of aryl methyl sites for hydroxylation is 1. The molecular weight excluding hydrogens is 238 g/mol. The third kappa shape index (κ3) is 4.51. The molecule has 0 bridgehead atoms. The van der Waals surface area contributed by atoms with Crippen LogP contribution in [0.3, 0.4) is 0 Å². The van der Waals surface area contributed by atoms with Crippen molar-refractivity contribution in [2.45, 2.75) is 32.8 Å². The molecule has 0 saturated heterocycles. The van der Waals surface area contributed by atoms with E-state index in [-0.39, 0.29) is 12.5 Å². The summed E-state index contributed by atoms with van der Waals surface area (Å²) in [4.78, 5) is 0. The number of aliphatic hydroxyl groups excluding tert-OH is 2. The Balaban J connectivity index is 2.75. The normalized spacial score (nSPS) is 13.9. The van der Waals surface area contributed by atoms with Gasteiger partial charge in [0.25, 0.3) is 0 Å². The molecule has 0 aliphatic carbocycles. The molecule has 0 aliphatic rings. The van der Waals surface area contributed by atoms with Crippen molar-refractivity contribution in [2.75, 3.05) is 6.61 Å². The minimum absolute atomic E-state index is 0.0611. The Morgan fingerprint density at radius 3 is 2.37 bits per heavy atom. The van der Waals surface area contributed by atoms with Crippen molar-refractivity contribution in [1.82, 2.24) is 0 Å². The second-order valence-corrected chi connectivity index (χ2v) is 4.90. The van der Waals surface area contributed by atoms with Crippen molar-refractivity contribution in [3.8, 4) is 6.07 Å². The Morgan fingerprint density at radius 1 is 1.26 bits per heavy atom. The van der Waals surface area contributed by atoms with E-state index in [1.807, 2.05) is 50.2 Å². The minimum atomic E-state index is -0.810. The maximum absolute atomic E-state index is 10.1. The van der Waals surface area contributed by atoms with E-state index in [0.29, 0.717) is 24.0 Å².